The Balaban J connectivity index is 2.27. The molecule has 1 aliphatic carbocycles. The fourth-order valence-electron chi connectivity index (χ4n) is 3.41. The number of aryl methyl sites for hydroxylation is 4. The maximum absolute atomic E-state index is 3.43. The van der Waals surface area contributed by atoms with Crippen molar-refractivity contribution in [3.63, 3.8) is 0 Å². The van der Waals surface area contributed by atoms with Gasteiger partial charge >= 0.3 is 0 Å². The van der Waals surface area contributed by atoms with Crippen LogP contribution in [0.25, 0.3) is 10.9 Å². The van der Waals surface area contributed by atoms with Gasteiger partial charge in [0, 0.05) is 30.6 Å². The summed E-state index contributed by atoms with van der Waals surface area (Å²) in [5.74, 6) is 0. The Kier molecular flexibility index (Phi) is 2.70. The van der Waals surface area contributed by atoms with E-state index in [0.29, 0.717) is 6.04 Å². The Morgan fingerprint density at radius 3 is 2.78 bits per heavy atom. The summed E-state index contributed by atoms with van der Waals surface area (Å²) in [6.07, 6.45) is 3.63. The molecule has 2 nitrogen and oxygen atoms in total. The molecule has 0 fully saturated rings. The molecule has 1 aromatic heterocycles. The highest BCUT2D eigenvalue weighted by Gasteiger charge is 2.24. The normalized spacial score (nSPS) is 19.2. The Morgan fingerprint density at radius 1 is 1.28 bits per heavy atom. The maximum Gasteiger partial charge on any atom is 0.0515 e. The molecule has 3 rings (SSSR count). The molecule has 1 atom stereocenters. The smallest absolute Gasteiger partial charge is 0.0515 e. The fourth-order valence-corrected chi connectivity index (χ4v) is 3.41. The van der Waals surface area contributed by atoms with Gasteiger partial charge in [-0.05, 0) is 50.4 Å². The summed E-state index contributed by atoms with van der Waals surface area (Å²) in [5, 5.41) is 4.91. The largest absolute Gasteiger partial charge is 0.347 e. The molecule has 1 heterocycles. The van der Waals surface area contributed by atoms with Crippen LogP contribution in [0.5, 0.6) is 0 Å². The molecule has 0 amide bonds. The Bertz CT molecular complexity index is 607. The van der Waals surface area contributed by atoms with Gasteiger partial charge in [-0.3, -0.25) is 0 Å². The first-order valence-corrected chi connectivity index (χ1v) is 6.87. The van der Waals surface area contributed by atoms with Crippen LogP contribution in [-0.4, -0.2) is 17.7 Å². The molecule has 0 saturated heterocycles. The van der Waals surface area contributed by atoms with E-state index in [4.69, 9.17) is 0 Å². The Hall–Kier alpha value is -1.28. The SMILES string of the molecule is CNC1CCc2c(n(C)c3c(C)c(C)ccc23)C1. The lowest BCUT2D eigenvalue weighted by molar-refractivity contribution is 0.485. The van der Waals surface area contributed by atoms with Gasteiger partial charge in [0.2, 0.25) is 0 Å². The number of aromatic nitrogens is 1. The first-order chi connectivity index (χ1) is 8.63. The molecule has 18 heavy (non-hydrogen) atoms. The molecular formula is C16H22N2. The summed E-state index contributed by atoms with van der Waals surface area (Å²) < 4.78 is 2.43. The van der Waals surface area contributed by atoms with Crippen LogP contribution in [0.2, 0.25) is 0 Å². The highest BCUT2D eigenvalue weighted by atomic mass is 15.0. The predicted molar refractivity (Wildman–Crippen MR) is 77.3 cm³/mol. The van der Waals surface area contributed by atoms with Crippen molar-refractivity contribution in [3.05, 3.63) is 34.5 Å². The van der Waals surface area contributed by atoms with E-state index in [0.717, 1.165) is 6.42 Å². The van der Waals surface area contributed by atoms with Gasteiger partial charge in [-0.15, -0.1) is 0 Å². The van der Waals surface area contributed by atoms with Crippen LogP contribution in [-0.2, 0) is 19.9 Å². The number of rotatable bonds is 1. The average molecular weight is 242 g/mol. The molecule has 1 unspecified atom stereocenters. The van der Waals surface area contributed by atoms with E-state index < -0.39 is 0 Å². The summed E-state index contributed by atoms with van der Waals surface area (Å²) >= 11 is 0. The number of nitrogens with zero attached hydrogens (tertiary/aromatic N) is 1. The first-order valence-electron chi connectivity index (χ1n) is 6.87. The van der Waals surface area contributed by atoms with E-state index in [-0.39, 0.29) is 0 Å². The zero-order valence-corrected chi connectivity index (χ0v) is 11.8. The van der Waals surface area contributed by atoms with Crippen LogP contribution in [0.15, 0.2) is 12.1 Å². The zero-order chi connectivity index (χ0) is 12.9. The molecule has 0 saturated carbocycles. The molecular weight excluding hydrogens is 220 g/mol. The van der Waals surface area contributed by atoms with Gasteiger partial charge in [0.1, 0.15) is 0 Å². The number of hydrogen-bond donors (Lipinski definition) is 1. The minimum atomic E-state index is 0.641. The van der Waals surface area contributed by atoms with Crippen molar-refractivity contribution in [2.75, 3.05) is 7.05 Å². The van der Waals surface area contributed by atoms with Crippen molar-refractivity contribution in [2.45, 2.75) is 39.2 Å². The quantitative estimate of drug-likeness (QED) is 0.813. The number of hydrogen-bond acceptors (Lipinski definition) is 1. The van der Waals surface area contributed by atoms with Gasteiger partial charge in [-0.25, -0.2) is 0 Å². The van der Waals surface area contributed by atoms with Gasteiger partial charge in [-0.2, -0.15) is 0 Å². The second-order valence-corrected chi connectivity index (χ2v) is 5.62. The van der Waals surface area contributed by atoms with E-state index in [2.05, 4.69) is 50.0 Å². The lowest BCUT2D eigenvalue weighted by atomic mass is 9.91. The number of fused-ring (bicyclic) bond motifs is 3. The predicted octanol–water partition coefficient (Wildman–Crippen LogP) is 2.87. The first kappa shape index (κ1) is 11.8. The average Bonchev–Trinajstić information content (AvgIpc) is 2.67. The van der Waals surface area contributed by atoms with E-state index in [9.17, 15) is 0 Å². The molecule has 0 spiro atoms. The lowest BCUT2D eigenvalue weighted by Crippen LogP contribution is -2.32. The third-order valence-corrected chi connectivity index (χ3v) is 4.71. The van der Waals surface area contributed by atoms with Crippen LogP contribution in [0.4, 0.5) is 0 Å². The highest BCUT2D eigenvalue weighted by Crippen LogP contribution is 2.33. The van der Waals surface area contributed by atoms with E-state index in [1.807, 2.05) is 0 Å². The van der Waals surface area contributed by atoms with Crippen LogP contribution in [0, 0.1) is 13.8 Å². The standard InChI is InChI=1S/C16H22N2/c1-10-5-7-14-13-8-6-12(17-3)9-15(13)18(4)16(14)11(10)2/h5,7,12,17H,6,8-9H2,1-4H3. The third kappa shape index (κ3) is 1.52. The number of nitrogens with one attached hydrogen (secondary N) is 1. The summed E-state index contributed by atoms with van der Waals surface area (Å²) in [5.41, 5.74) is 7.39. The summed E-state index contributed by atoms with van der Waals surface area (Å²) in [4.78, 5) is 0. The van der Waals surface area contributed by atoms with Crippen molar-refractivity contribution >= 4 is 10.9 Å². The van der Waals surface area contributed by atoms with Gasteiger partial charge in [0.25, 0.3) is 0 Å². The van der Waals surface area contributed by atoms with Gasteiger partial charge in [-0.1, -0.05) is 12.1 Å². The van der Waals surface area contributed by atoms with Crippen LogP contribution >= 0.6 is 0 Å². The second kappa shape index (κ2) is 4.13. The summed E-state index contributed by atoms with van der Waals surface area (Å²) in [6.45, 7) is 4.45. The number of benzene rings is 1. The monoisotopic (exact) mass is 242 g/mol. The van der Waals surface area contributed by atoms with Gasteiger partial charge < -0.3 is 9.88 Å². The second-order valence-electron chi connectivity index (χ2n) is 5.62. The molecule has 1 aromatic carbocycles. The van der Waals surface area contributed by atoms with Gasteiger partial charge in [0.05, 0.1) is 5.52 Å². The van der Waals surface area contributed by atoms with Gasteiger partial charge in [0.15, 0.2) is 0 Å². The molecule has 0 radical (unpaired) electrons. The van der Waals surface area contributed by atoms with Crippen molar-refractivity contribution in [1.82, 2.24) is 9.88 Å². The number of likely N-dealkylation sites (N-methyl/N-ethyl adjacent to an activating group) is 1. The van der Waals surface area contributed by atoms with Crippen molar-refractivity contribution in [1.29, 1.82) is 0 Å². The van der Waals surface area contributed by atoms with Crippen molar-refractivity contribution in [3.8, 4) is 0 Å². The summed E-state index contributed by atoms with van der Waals surface area (Å²) in [6, 6.07) is 5.22. The molecule has 2 aromatic rings. The topological polar surface area (TPSA) is 17.0 Å². The third-order valence-electron chi connectivity index (χ3n) is 4.71. The fraction of sp³-hybridized carbons (Fsp3) is 0.500. The van der Waals surface area contributed by atoms with E-state index in [1.54, 1.807) is 5.56 Å². The molecule has 0 aliphatic heterocycles. The molecule has 0 bridgehead atoms. The van der Waals surface area contributed by atoms with Crippen LogP contribution < -0.4 is 5.32 Å². The Labute approximate surface area is 109 Å². The Morgan fingerprint density at radius 2 is 2.06 bits per heavy atom. The molecule has 1 N–H and O–H groups in total. The van der Waals surface area contributed by atoms with E-state index >= 15 is 0 Å². The summed E-state index contributed by atoms with van der Waals surface area (Å²) in [7, 11) is 4.30. The zero-order valence-electron chi connectivity index (χ0n) is 11.8. The van der Waals surface area contributed by atoms with E-state index in [1.165, 1.54) is 40.6 Å². The minimum Gasteiger partial charge on any atom is -0.347 e. The highest BCUT2D eigenvalue weighted by molar-refractivity contribution is 5.89. The lowest BCUT2D eigenvalue weighted by Gasteiger charge is -2.23. The van der Waals surface area contributed by atoms with Crippen molar-refractivity contribution in [2.24, 2.45) is 7.05 Å². The minimum absolute atomic E-state index is 0.641. The van der Waals surface area contributed by atoms with Crippen molar-refractivity contribution < 1.29 is 0 Å². The molecule has 1 aliphatic rings. The molecule has 2 heteroatoms. The molecule has 96 valence electrons. The maximum atomic E-state index is 3.43. The van der Waals surface area contributed by atoms with Crippen LogP contribution in [0.3, 0.4) is 0 Å². The van der Waals surface area contributed by atoms with Crippen LogP contribution in [0.1, 0.15) is 28.8 Å².